The summed E-state index contributed by atoms with van der Waals surface area (Å²) in [6, 6.07) is 12.1. The molecule has 0 spiro atoms. The van der Waals surface area contributed by atoms with Gasteiger partial charge in [0.15, 0.2) is 11.5 Å². The molecule has 1 aliphatic carbocycles. The fourth-order valence-corrected chi connectivity index (χ4v) is 3.78. The van der Waals surface area contributed by atoms with Crippen LogP contribution >= 0.6 is 0 Å². The highest BCUT2D eigenvalue weighted by atomic mass is 16.7. The molecule has 27 heavy (non-hydrogen) atoms. The van der Waals surface area contributed by atoms with Crippen molar-refractivity contribution < 1.29 is 14.3 Å². The third-order valence-electron chi connectivity index (χ3n) is 5.70. The smallest absolute Gasteiger partial charge is 0.235 e. The van der Waals surface area contributed by atoms with E-state index in [0.717, 1.165) is 54.2 Å². The number of anilines is 2. The number of hydrogen-bond acceptors (Lipinski definition) is 4. The zero-order valence-electron chi connectivity index (χ0n) is 16.2. The van der Waals surface area contributed by atoms with Gasteiger partial charge in [0.2, 0.25) is 12.7 Å². The van der Waals surface area contributed by atoms with Gasteiger partial charge >= 0.3 is 0 Å². The first-order valence-electron chi connectivity index (χ1n) is 9.64. The Morgan fingerprint density at radius 2 is 1.81 bits per heavy atom. The summed E-state index contributed by atoms with van der Waals surface area (Å²) in [6.45, 7) is 8.52. The van der Waals surface area contributed by atoms with E-state index in [0.29, 0.717) is 0 Å². The summed E-state index contributed by atoms with van der Waals surface area (Å²) in [7, 11) is 0. The van der Waals surface area contributed by atoms with Crippen LogP contribution in [-0.2, 0) is 10.2 Å². The molecular formula is C22H26N2O3. The number of carbonyl (C=O) groups excluding carboxylic acids is 1. The van der Waals surface area contributed by atoms with E-state index < -0.39 is 5.41 Å². The summed E-state index contributed by atoms with van der Waals surface area (Å²) < 4.78 is 10.9. The molecule has 0 radical (unpaired) electrons. The Bertz CT molecular complexity index is 870. The average Bonchev–Trinajstić information content (AvgIpc) is 3.36. The zero-order valence-corrected chi connectivity index (χ0v) is 16.2. The Labute approximate surface area is 160 Å². The van der Waals surface area contributed by atoms with Crippen molar-refractivity contribution in [1.29, 1.82) is 0 Å². The van der Waals surface area contributed by atoms with E-state index in [1.807, 2.05) is 31.2 Å². The lowest BCUT2D eigenvalue weighted by Crippen LogP contribution is -2.28. The standard InChI is InChI=1S/C22H26N2O3/c1-4-24(5-2)17-7-8-18(15(3)12-17)23-21(25)22(10-11-22)16-6-9-19-20(13-16)27-14-26-19/h6-9,12-13H,4-5,10-11,14H2,1-3H3,(H,23,25). The Balaban J connectivity index is 1.54. The number of rotatable bonds is 6. The van der Waals surface area contributed by atoms with Gasteiger partial charge in [0.05, 0.1) is 5.41 Å². The van der Waals surface area contributed by atoms with Gasteiger partial charge in [0.1, 0.15) is 0 Å². The van der Waals surface area contributed by atoms with Crippen LogP contribution in [0.1, 0.15) is 37.8 Å². The van der Waals surface area contributed by atoms with Crippen LogP contribution in [0.2, 0.25) is 0 Å². The van der Waals surface area contributed by atoms with E-state index >= 15 is 0 Å². The van der Waals surface area contributed by atoms with Gasteiger partial charge < -0.3 is 19.7 Å². The average molecular weight is 366 g/mol. The second kappa shape index (κ2) is 6.80. The summed E-state index contributed by atoms with van der Waals surface area (Å²) in [5.74, 6) is 1.53. The normalized spacial score (nSPS) is 16.1. The topological polar surface area (TPSA) is 50.8 Å². The first-order chi connectivity index (χ1) is 13.1. The lowest BCUT2D eigenvalue weighted by atomic mass is 9.94. The largest absolute Gasteiger partial charge is 0.454 e. The molecule has 1 amide bonds. The monoisotopic (exact) mass is 366 g/mol. The molecule has 1 aliphatic heterocycles. The quantitative estimate of drug-likeness (QED) is 0.831. The molecule has 1 fully saturated rings. The first kappa shape index (κ1) is 17.7. The van der Waals surface area contributed by atoms with Gasteiger partial charge in [-0.3, -0.25) is 4.79 Å². The SMILES string of the molecule is CCN(CC)c1ccc(NC(=O)C2(c3ccc4c(c3)OCO4)CC2)c(C)c1. The van der Waals surface area contributed by atoms with Crippen molar-refractivity contribution in [2.24, 2.45) is 0 Å². The minimum absolute atomic E-state index is 0.0556. The maximum atomic E-state index is 13.1. The van der Waals surface area contributed by atoms with Gasteiger partial charge in [0.25, 0.3) is 0 Å². The molecule has 2 aliphatic rings. The molecule has 0 aromatic heterocycles. The number of nitrogens with one attached hydrogen (secondary N) is 1. The predicted molar refractivity (Wildman–Crippen MR) is 107 cm³/mol. The number of fused-ring (bicyclic) bond motifs is 1. The number of hydrogen-bond donors (Lipinski definition) is 1. The number of benzene rings is 2. The summed E-state index contributed by atoms with van der Waals surface area (Å²) in [5.41, 5.74) is 3.69. The van der Waals surface area contributed by atoms with Crippen molar-refractivity contribution in [3.8, 4) is 11.5 Å². The molecule has 5 heteroatoms. The highest BCUT2D eigenvalue weighted by Gasteiger charge is 2.51. The molecule has 0 saturated heterocycles. The Kier molecular flexibility index (Phi) is 4.46. The van der Waals surface area contributed by atoms with Crippen LogP contribution in [0.3, 0.4) is 0 Å². The lowest BCUT2D eigenvalue weighted by Gasteiger charge is -2.23. The number of ether oxygens (including phenoxy) is 2. The van der Waals surface area contributed by atoms with E-state index in [1.54, 1.807) is 0 Å². The van der Waals surface area contributed by atoms with E-state index in [4.69, 9.17) is 9.47 Å². The number of amides is 1. The summed E-state index contributed by atoms with van der Waals surface area (Å²) in [5, 5.41) is 3.15. The maximum absolute atomic E-state index is 13.1. The highest BCUT2D eigenvalue weighted by Crippen LogP contribution is 2.51. The Morgan fingerprint density at radius 3 is 2.48 bits per heavy atom. The summed E-state index contributed by atoms with van der Waals surface area (Å²) >= 11 is 0. The molecule has 0 atom stereocenters. The molecule has 0 bridgehead atoms. The fraction of sp³-hybridized carbons (Fsp3) is 0.409. The minimum atomic E-state index is -0.453. The van der Waals surface area contributed by atoms with E-state index in [-0.39, 0.29) is 12.7 Å². The molecule has 142 valence electrons. The van der Waals surface area contributed by atoms with Crippen LogP contribution in [0.15, 0.2) is 36.4 Å². The molecule has 1 saturated carbocycles. The summed E-state index contributed by atoms with van der Waals surface area (Å²) in [4.78, 5) is 15.4. The summed E-state index contributed by atoms with van der Waals surface area (Å²) in [6.07, 6.45) is 1.71. The second-order valence-electron chi connectivity index (χ2n) is 7.28. The van der Waals surface area contributed by atoms with E-state index in [1.165, 1.54) is 5.69 Å². The van der Waals surface area contributed by atoms with Gasteiger partial charge in [-0.15, -0.1) is 0 Å². The first-order valence-corrected chi connectivity index (χ1v) is 9.64. The minimum Gasteiger partial charge on any atom is -0.454 e. The van der Waals surface area contributed by atoms with Crippen LogP contribution in [0.25, 0.3) is 0 Å². The van der Waals surface area contributed by atoms with Crippen LogP contribution in [-0.4, -0.2) is 25.8 Å². The van der Waals surface area contributed by atoms with Gasteiger partial charge in [-0.2, -0.15) is 0 Å². The molecule has 2 aromatic carbocycles. The van der Waals surface area contributed by atoms with Crippen LogP contribution in [0, 0.1) is 6.92 Å². The highest BCUT2D eigenvalue weighted by molar-refractivity contribution is 6.02. The van der Waals surface area contributed by atoms with Crippen LogP contribution in [0.5, 0.6) is 11.5 Å². The second-order valence-corrected chi connectivity index (χ2v) is 7.28. The third-order valence-corrected chi connectivity index (χ3v) is 5.70. The number of aryl methyl sites for hydroxylation is 1. The van der Waals surface area contributed by atoms with Gasteiger partial charge in [0, 0.05) is 24.5 Å². The van der Waals surface area contributed by atoms with Crippen molar-refractivity contribution >= 4 is 17.3 Å². The Hall–Kier alpha value is -2.69. The Morgan fingerprint density at radius 1 is 1.07 bits per heavy atom. The van der Waals surface area contributed by atoms with Crippen molar-refractivity contribution in [2.45, 2.75) is 39.0 Å². The van der Waals surface area contributed by atoms with E-state index in [2.05, 4.69) is 36.2 Å². The molecule has 1 N–H and O–H groups in total. The number of carbonyl (C=O) groups is 1. The van der Waals surface area contributed by atoms with Crippen LogP contribution in [0.4, 0.5) is 11.4 Å². The third kappa shape index (κ3) is 3.11. The van der Waals surface area contributed by atoms with Gasteiger partial charge in [-0.25, -0.2) is 0 Å². The molecule has 1 heterocycles. The predicted octanol–water partition coefficient (Wildman–Crippen LogP) is 4.24. The van der Waals surface area contributed by atoms with Crippen molar-refractivity contribution in [3.63, 3.8) is 0 Å². The molecular weight excluding hydrogens is 340 g/mol. The van der Waals surface area contributed by atoms with Crippen molar-refractivity contribution in [2.75, 3.05) is 30.1 Å². The molecule has 0 unspecified atom stereocenters. The van der Waals surface area contributed by atoms with Crippen LogP contribution < -0.4 is 19.7 Å². The number of nitrogens with zero attached hydrogens (tertiary/aromatic N) is 1. The van der Waals surface area contributed by atoms with Gasteiger partial charge in [-0.05, 0) is 75.1 Å². The van der Waals surface area contributed by atoms with Gasteiger partial charge in [-0.1, -0.05) is 6.07 Å². The molecule has 5 nitrogen and oxygen atoms in total. The molecule has 2 aromatic rings. The zero-order chi connectivity index (χ0) is 19.0. The fourth-order valence-electron chi connectivity index (χ4n) is 3.78. The van der Waals surface area contributed by atoms with Crippen molar-refractivity contribution in [1.82, 2.24) is 0 Å². The van der Waals surface area contributed by atoms with E-state index in [9.17, 15) is 4.79 Å². The lowest BCUT2D eigenvalue weighted by molar-refractivity contribution is -0.118. The molecule has 4 rings (SSSR count). The maximum Gasteiger partial charge on any atom is 0.235 e. The van der Waals surface area contributed by atoms with Crippen molar-refractivity contribution in [3.05, 3.63) is 47.5 Å².